The van der Waals surface area contributed by atoms with E-state index in [0.717, 1.165) is 5.56 Å². The van der Waals surface area contributed by atoms with Gasteiger partial charge in [0.2, 0.25) is 0 Å². The number of halogens is 1. The maximum atomic E-state index is 13.2. The predicted molar refractivity (Wildman–Crippen MR) is 79.8 cm³/mol. The molecule has 0 radical (unpaired) electrons. The van der Waals surface area contributed by atoms with E-state index >= 15 is 0 Å². The largest absolute Gasteiger partial charge is 0.497 e. The van der Waals surface area contributed by atoms with Gasteiger partial charge >= 0.3 is 0 Å². The first-order valence-corrected chi connectivity index (χ1v) is 7.03. The summed E-state index contributed by atoms with van der Waals surface area (Å²) in [6, 6.07) is 11.3. The molecule has 1 N–H and O–H groups in total. The molecule has 22 heavy (non-hydrogen) atoms. The first-order valence-electron chi connectivity index (χ1n) is 7.03. The Morgan fingerprint density at radius 3 is 2.82 bits per heavy atom. The number of methoxy groups -OCH3 is 1. The Morgan fingerprint density at radius 2 is 2.09 bits per heavy atom. The number of carbonyl (C=O) groups is 1. The minimum Gasteiger partial charge on any atom is -0.497 e. The SMILES string of the molecule is COc1ccc(C(=O)NC[C@@H]2Cc3cc(F)ccc3O2)cc1. The average molecular weight is 301 g/mol. The topological polar surface area (TPSA) is 47.6 Å². The van der Waals surface area contributed by atoms with Crippen molar-refractivity contribution in [2.24, 2.45) is 0 Å². The van der Waals surface area contributed by atoms with E-state index in [1.54, 1.807) is 37.4 Å². The van der Waals surface area contributed by atoms with Gasteiger partial charge in [0, 0.05) is 17.5 Å². The van der Waals surface area contributed by atoms with Crippen molar-refractivity contribution in [2.75, 3.05) is 13.7 Å². The van der Waals surface area contributed by atoms with E-state index in [4.69, 9.17) is 9.47 Å². The Morgan fingerprint density at radius 1 is 1.32 bits per heavy atom. The Labute approximate surface area is 127 Å². The molecule has 4 nitrogen and oxygen atoms in total. The van der Waals surface area contributed by atoms with Gasteiger partial charge in [-0.3, -0.25) is 4.79 Å². The van der Waals surface area contributed by atoms with Crippen molar-refractivity contribution in [3.05, 3.63) is 59.4 Å². The van der Waals surface area contributed by atoms with Gasteiger partial charge in [0.15, 0.2) is 0 Å². The van der Waals surface area contributed by atoms with Crippen molar-refractivity contribution in [1.29, 1.82) is 0 Å². The van der Waals surface area contributed by atoms with E-state index in [9.17, 15) is 9.18 Å². The summed E-state index contributed by atoms with van der Waals surface area (Å²) >= 11 is 0. The molecule has 1 amide bonds. The molecule has 0 spiro atoms. The standard InChI is InChI=1S/C17H16FNO3/c1-21-14-5-2-11(3-6-14)17(20)19-10-15-9-12-8-13(18)4-7-16(12)22-15/h2-8,15H,9-10H2,1H3,(H,19,20)/t15-/m0/s1. The third-order valence-electron chi connectivity index (χ3n) is 3.61. The van der Waals surface area contributed by atoms with Crippen molar-refractivity contribution in [1.82, 2.24) is 5.32 Å². The second-order valence-corrected chi connectivity index (χ2v) is 5.13. The highest BCUT2D eigenvalue weighted by Gasteiger charge is 2.23. The van der Waals surface area contributed by atoms with E-state index in [2.05, 4.69) is 5.32 Å². The number of hydrogen-bond donors (Lipinski definition) is 1. The van der Waals surface area contributed by atoms with Crippen LogP contribution in [0.25, 0.3) is 0 Å². The number of rotatable bonds is 4. The van der Waals surface area contributed by atoms with E-state index in [0.29, 0.717) is 30.0 Å². The fourth-order valence-electron chi connectivity index (χ4n) is 2.45. The molecule has 0 bridgehead atoms. The molecule has 0 saturated heterocycles. The summed E-state index contributed by atoms with van der Waals surface area (Å²) in [5.41, 5.74) is 1.39. The third kappa shape index (κ3) is 3.03. The normalized spacial score (nSPS) is 15.8. The zero-order chi connectivity index (χ0) is 15.5. The Bertz CT molecular complexity index is 685. The van der Waals surface area contributed by atoms with Gasteiger partial charge in [-0.15, -0.1) is 0 Å². The smallest absolute Gasteiger partial charge is 0.251 e. The molecule has 5 heteroatoms. The lowest BCUT2D eigenvalue weighted by Crippen LogP contribution is -2.34. The minimum absolute atomic E-state index is 0.168. The lowest BCUT2D eigenvalue weighted by molar-refractivity contribution is 0.0933. The molecule has 1 aliphatic rings. The van der Waals surface area contributed by atoms with Crippen LogP contribution in [-0.4, -0.2) is 25.7 Å². The number of amides is 1. The van der Waals surface area contributed by atoms with E-state index in [1.165, 1.54) is 12.1 Å². The van der Waals surface area contributed by atoms with Crippen molar-refractivity contribution < 1.29 is 18.7 Å². The number of ether oxygens (including phenoxy) is 2. The summed E-state index contributed by atoms with van der Waals surface area (Å²) in [6.45, 7) is 0.376. The number of carbonyl (C=O) groups excluding carboxylic acids is 1. The van der Waals surface area contributed by atoms with Crippen LogP contribution in [0.2, 0.25) is 0 Å². The summed E-state index contributed by atoms with van der Waals surface area (Å²) in [7, 11) is 1.58. The highest BCUT2D eigenvalue weighted by Crippen LogP contribution is 2.28. The molecule has 114 valence electrons. The van der Waals surface area contributed by atoms with E-state index in [-0.39, 0.29) is 17.8 Å². The number of fused-ring (bicyclic) bond motifs is 1. The molecule has 0 unspecified atom stereocenters. The molecule has 0 saturated carbocycles. The van der Waals surface area contributed by atoms with Crippen LogP contribution in [0.1, 0.15) is 15.9 Å². The zero-order valence-electron chi connectivity index (χ0n) is 12.1. The van der Waals surface area contributed by atoms with Gasteiger partial charge < -0.3 is 14.8 Å². The second kappa shape index (κ2) is 6.05. The fourth-order valence-corrected chi connectivity index (χ4v) is 2.45. The van der Waals surface area contributed by atoms with Crippen LogP contribution in [0.3, 0.4) is 0 Å². The molecule has 1 atom stereocenters. The average Bonchev–Trinajstić information content (AvgIpc) is 2.94. The van der Waals surface area contributed by atoms with Crippen LogP contribution in [0.15, 0.2) is 42.5 Å². The highest BCUT2D eigenvalue weighted by atomic mass is 19.1. The van der Waals surface area contributed by atoms with Gasteiger partial charge in [0.1, 0.15) is 23.4 Å². The lowest BCUT2D eigenvalue weighted by Gasteiger charge is -2.12. The van der Waals surface area contributed by atoms with E-state index in [1.807, 2.05) is 0 Å². The Hall–Kier alpha value is -2.56. The third-order valence-corrected chi connectivity index (χ3v) is 3.61. The van der Waals surface area contributed by atoms with E-state index < -0.39 is 0 Å². The van der Waals surface area contributed by atoms with Gasteiger partial charge in [-0.2, -0.15) is 0 Å². The Kier molecular flexibility index (Phi) is 3.96. The summed E-state index contributed by atoms with van der Waals surface area (Å²) in [4.78, 5) is 12.1. The van der Waals surface area contributed by atoms with Gasteiger partial charge in [0.25, 0.3) is 5.91 Å². The molecule has 1 heterocycles. The van der Waals surface area contributed by atoms with Gasteiger partial charge in [-0.1, -0.05) is 0 Å². The van der Waals surface area contributed by atoms with Crippen molar-refractivity contribution in [2.45, 2.75) is 12.5 Å². The summed E-state index contributed by atoms with van der Waals surface area (Å²) < 4.78 is 23.9. The van der Waals surface area contributed by atoms with Crippen molar-refractivity contribution in [3.8, 4) is 11.5 Å². The summed E-state index contributed by atoms with van der Waals surface area (Å²) in [5.74, 6) is 0.942. The van der Waals surface area contributed by atoms with Crippen LogP contribution in [-0.2, 0) is 6.42 Å². The molecular formula is C17H16FNO3. The Balaban J connectivity index is 1.56. The first kappa shape index (κ1) is 14.4. The van der Waals surface area contributed by atoms with Crippen LogP contribution in [0, 0.1) is 5.82 Å². The van der Waals surface area contributed by atoms with Crippen LogP contribution < -0.4 is 14.8 Å². The molecule has 0 aliphatic carbocycles. The predicted octanol–water partition coefficient (Wildman–Crippen LogP) is 2.57. The fraction of sp³-hybridized carbons (Fsp3) is 0.235. The quantitative estimate of drug-likeness (QED) is 0.944. The number of hydrogen-bond acceptors (Lipinski definition) is 3. The molecule has 2 aromatic rings. The molecule has 2 aromatic carbocycles. The maximum absolute atomic E-state index is 13.2. The molecule has 3 rings (SSSR count). The highest BCUT2D eigenvalue weighted by molar-refractivity contribution is 5.94. The monoisotopic (exact) mass is 301 g/mol. The summed E-state index contributed by atoms with van der Waals surface area (Å²) in [5, 5.41) is 2.83. The maximum Gasteiger partial charge on any atom is 0.251 e. The molecule has 0 fully saturated rings. The lowest BCUT2D eigenvalue weighted by atomic mass is 10.1. The minimum atomic E-state index is -0.273. The molecular weight excluding hydrogens is 285 g/mol. The van der Waals surface area contributed by atoms with Crippen LogP contribution in [0.5, 0.6) is 11.5 Å². The van der Waals surface area contributed by atoms with Gasteiger partial charge in [-0.25, -0.2) is 4.39 Å². The molecule has 0 aromatic heterocycles. The zero-order valence-corrected chi connectivity index (χ0v) is 12.1. The van der Waals surface area contributed by atoms with Crippen LogP contribution in [0.4, 0.5) is 4.39 Å². The van der Waals surface area contributed by atoms with Crippen molar-refractivity contribution >= 4 is 5.91 Å². The number of nitrogens with one attached hydrogen (secondary N) is 1. The van der Waals surface area contributed by atoms with Gasteiger partial charge in [-0.05, 0) is 42.5 Å². The molecule has 1 aliphatic heterocycles. The summed E-state index contributed by atoms with van der Waals surface area (Å²) in [6.07, 6.45) is 0.426. The second-order valence-electron chi connectivity index (χ2n) is 5.13. The number of benzene rings is 2. The first-order chi connectivity index (χ1) is 10.7. The van der Waals surface area contributed by atoms with Crippen molar-refractivity contribution in [3.63, 3.8) is 0 Å². The van der Waals surface area contributed by atoms with Gasteiger partial charge in [0.05, 0.1) is 13.7 Å². The van der Waals surface area contributed by atoms with Crippen LogP contribution >= 0.6 is 0 Å².